The summed E-state index contributed by atoms with van der Waals surface area (Å²) in [5, 5.41) is 6.63. The van der Waals surface area contributed by atoms with Crippen molar-refractivity contribution in [2.45, 2.75) is 32.8 Å². The van der Waals surface area contributed by atoms with Gasteiger partial charge in [0.15, 0.2) is 0 Å². The minimum atomic E-state index is 0.127. The molecule has 1 aliphatic heterocycles. The van der Waals surface area contributed by atoms with Crippen LogP contribution in [0.1, 0.15) is 26.7 Å². The number of nitrogens with one attached hydrogen (secondary N) is 2. The van der Waals surface area contributed by atoms with Gasteiger partial charge in [-0.2, -0.15) is 0 Å². The Balaban J connectivity index is 1.80. The molecule has 0 saturated carbocycles. The van der Waals surface area contributed by atoms with E-state index in [0.29, 0.717) is 5.88 Å². The van der Waals surface area contributed by atoms with Crippen molar-refractivity contribution in [3.8, 4) is 5.88 Å². The molecule has 5 nitrogen and oxygen atoms in total. The molecule has 1 aliphatic rings. The Morgan fingerprint density at radius 3 is 3.05 bits per heavy atom. The van der Waals surface area contributed by atoms with Crippen molar-refractivity contribution in [3.63, 3.8) is 0 Å². The first-order valence-electron chi connectivity index (χ1n) is 6.85. The Hall–Kier alpha value is -1.62. The van der Waals surface area contributed by atoms with Gasteiger partial charge in [-0.15, -0.1) is 0 Å². The van der Waals surface area contributed by atoms with Gasteiger partial charge in [0, 0.05) is 19.2 Å². The predicted molar refractivity (Wildman–Crippen MR) is 76.5 cm³/mol. The van der Waals surface area contributed by atoms with E-state index in [9.17, 15) is 0 Å². The predicted octanol–water partition coefficient (Wildman–Crippen LogP) is 1.99. The molecule has 0 amide bonds. The van der Waals surface area contributed by atoms with Gasteiger partial charge in [0.05, 0.1) is 6.10 Å². The van der Waals surface area contributed by atoms with E-state index in [-0.39, 0.29) is 6.10 Å². The largest absolute Gasteiger partial charge is 0.475 e. The minimum absolute atomic E-state index is 0.127. The molecule has 0 atom stereocenters. The Bertz CT molecular complexity index is 431. The van der Waals surface area contributed by atoms with Gasteiger partial charge < -0.3 is 15.4 Å². The molecule has 19 heavy (non-hydrogen) atoms. The lowest BCUT2D eigenvalue weighted by Crippen LogP contribution is -2.21. The van der Waals surface area contributed by atoms with Crippen LogP contribution in [0.25, 0.3) is 0 Å². The average molecular weight is 262 g/mol. The second-order valence-electron chi connectivity index (χ2n) is 4.90. The van der Waals surface area contributed by atoms with Crippen molar-refractivity contribution in [2.24, 2.45) is 0 Å². The molecule has 0 saturated heterocycles. The van der Waals surface area contributed by atoms with Crippen LogP contribution in [-0.2, 0) is 0 Å². The molecule has 104 valence electrons. The van der Waals surface area contributed by atoms with Crippen molar-refractivity contribution >= 4 is 5.82 Å². The maximum absolute atomic E-state index is 5.54. The lowest BCUT2D eigenvalue weighted by Gasteiger charge is -2.14. The molecule has 0 aromatic carbocycles. The lowest BCUT2D eigenvalue weighted by atomic mass is 10.1. The molecule has 0 unspecified atom stereocenters. The molecule has 2 rings (SSSR count). The minimum Gasteiger partial charge on any atom is -0.475 e. The molecule has 0 spiro atoms. The standard InChI is InChI=1S/C14H22N4O/c1-11(2)19-14-9-13(17-10-18-14)16-8-5-12-3-6-15-7-4-12/h3,9-11,15H,4-8H2,1-2H3,(H,16,17,18). The van der Waals surface area contributed by atoms with E-state index < -0.39 is 0 Å². The van der Waals surface area contributed by atoms with Gasteiger partial charge in [0.2, 0.25) is 5.88 Å². The third-order valence-corrected chi connectivity index (χ3v) is 2.91. The molecule has 1 aromatic rings. The summed E-state index contributed by atoms with van der Waals surface area (Å²) in [5.41, 5.74) is 1.51. The summed E-state index contributed by atoms with van der Waals surface area (Å²) in [6.07, 6.45) is 6.14. The fraction of sp³-hybridized carbons (Fsp3) is 0.571. The van der Waals surface area contributed by atoms with Crippen LogP contribution in [0.3, 0.4) is 0 Å². The normalized spacial score (nSPS) is 15.2. The van der Waals surface area contributed by atoms with Gasteiger partial charge in [-0.05, 0) is 33.2 Å². The van der Waals surface area contributed by atoms with E-state index in [4.69, 9.17) is 4.74 Å². The van der Waals surface area contributed by atoms with Gasteiger partial charge in [-0.1, -0.05) is 11.6 Å². The number of nitrogens with zero attached hydrogens (tertiary/aromatic N) is 2. The summed E-state index contributed by atoms with van der Waals surface area (Å²) < 4.78 is 5.54. The highest BCUT2D eigenvalue weighted by Gasteiger charge is 2.04. The molecular formula is C14H22N4O. The van der Waals surface area contributed by atoms with Crippen LogP contribution >= 0.6 is 0 Å². The Kier molecular flexibility index (Phi) is 5.15. The second-order valence-corrected chi connectivity index (χ2v) is 4.90. The van der Waals surface area contributed by atoms with Gasteiger partial charge in [0.25, 0.3) is 0 Å². The first kappa shape index (κ1) is 13.8. The van der Waals surface area contributed by atoms with Crippen molar-refractivity contribution in [1.29, 1.82) is 0 Å². The van der Waals surface area contributed by atoms with E-state index in [1.54, 1.807) is 0 Å². The zero-order valence-electron chi connectivity index (χ0n) is 11.6. The number of ether oxygens (including phenoxy) is 1. The molecular weight excluding hydrogens is 240 g/mol. The Morgan fingerprint density at radius 2 is 2.32 bits per heavy atom. The smallest absolute Gasteiger partial charge is 0.218 e. The third-order valence-electron chi connectivity index (χ3n) is 2.91. The number of aromatic nitrogens is 2. The van der Waals surface area contributed by atoms with Crippen molar-refractivity contribution in [3.05, 3.63) is 24.0 Å². The second kappa shape index (κ2) is 7.09. The molecule has 2 N–H and O–H groups in total. The van der Waals surface area contributed by atoms with E-state index >= 15 is 0 Å². The molecule has 1 aromatic heterocycles. The van der Waals surface area contributed by atoms with Crippen LogP contribution in [0, 0.1) is 0 Å². The van der Waals surface area contributed by atoms with Crippen molar-refractivity contribution in [1.82, 2.24) is 15.3 Å². The van der Waals surface area contributed by atoms with Gasteiger partial charge in [-0.3, -0.25) is 0 Å². The molecule has 2 heterocycles. The van der Waals surface area contributed by atoms with Crippen LogP contribution in [-0.4, -0.2) is 35.7 Å². The van der Waals surface area contributed by atoms with Gasteiger partial charge in [0.1, 0.15) is 12.1 Å². The number of hydrogen-bond donors (Lipinski definition) is 2. The zero-order chi connectivity index (χ0) is 13.5. The Morgan fingerprint density at radius 1 is 1.42 bits per heavy atom. The Labute approximate surface area is 114 Å². The lowest BCUT2D eigenvalue weighted by molar-refractivity contribution is 0.232. The summed E-state index contributed by atoms with van der Waals surface area (Å²) in [6, 6.07) is 1.84. The van der Waals surface area contributed by atoms with Crippen LogP contribution in [0.4, 0.5) is 5.82 Å². The maximum Gasteiger partial charge on any atom is 0.218 e. The molecule has 5 heteroatoms. The first-order valence-corrected chi connectivity index (χ1v) is 6.85. The van der Waals surface area contributed by atoms with E-state index in [0.717, 1.165) is 38.3 Å². The van der Waals surface area contributed by atoms with Crippen molar-refractivity contribution in [2.75, 3.05) is 25.0 Å². The first-order chi connectivity index (χ1) is 9.24. The van der Waals surface area contributed by atoms with Gasteiger partial charge in [-0.25, -0.2) is 9.97 Å². The van der Waals surface area contributed by atoms with Crippen LogP contribution < -0.4 is 15.4 Å². The summed E-state index contributed by atoms with van der Waals surface area (Å²) in [5.74, 6) is 1.44. The van der Waals surface area contributed by atoms with Crippen LogP contribution in [0.2, 0.25) is 0 Å². The topological polar surface area (TPSA) is 59.1 Å². The highest BCUT2D eigenvalue weighted by Crippen LogP contribution is 2.14. The quantitative estimate of drug-likeness (QED) is 0.768. The molecule has 0 radical (unpaired) electrons. The summed E-state index contributed by atoms with van der Waals surface area (Å²) in [6.45, 7) is 6.95. The fourth-order valence-electron chi connectivity index (χ4n) is 1.99. The van der Waals surface area contributed by atoms with Crippen LogP contribution in [0.5, 0.6) is 5.88 Å². The summed E-state index contributed by atoms with van der Waals surface area (Å²) >= 11 is 0. The van der Waals surface area contributed by atoms with E-state index in [1.165, 1.54) is 11.9 Å². The zero-order valence-corrected chi connectivity index (χ0v) is 11.6. The van der Waals surface area contributed by atoms with Gasteiger partial charge >= 0.3 is 0 Å². The average Bonchev–Trinajstić information content (AvgIpc) is 2.40. The summed E-state index contributed by atoms with van der Waals surface area (Å²) in [7, 11) is 0. The molecule has 0 bridgehead atoms. The van der Waals surface area contributed by atoms with E-state index in [2.05, 4.69) is 26.7 Å². The van der Waals surface area contributed by atoms with E-state index in [1.807, 2.05) is 19.9 Å². The molecule has 0 fully saturated rings. The number of hydrogen-bond acceptors (Lipinski definition) is 5. The highest BCUT2D eigenvalue weighted by molar-refractivity contribution is 5.37. The number of anilines is 1. The fourth-order valence-corrected chi connectivity index (χ4v) is 1.99. The monoisotopic (exact) mass is 262 g/mol. The summed E-state index contributed by atoms with van der Waals surface area (Å²) in [4.78, 5) is 8.28. The number of rotatable bonds is 6. The highest BCUT2D eigenvalue weighted by atomic mass is 16.5. The van der Waals surface area contributed by atoms with Crippen molar-refractivity contribution < 1.29 is 4.74 Å². The molecule has 0 aliphatic carbocycles. The van der Waals surface area contributed by atoms with Crippen LogP contribution in [0.15, 0.2) is 24.0 Å². The SMILES string of the molecule is CC(C)Oc1cc(NCCC2=CCNCC2)ncn1. The third kappa shape index (κ3) is 4.87. The maximum atomic E-state index is 5.54.